The van der Waals surface area contributed by atoms with Gasteiger partial charge in [0.25, 0.3) is 0 Å². The third-order valence-corrected chi connectivity index (χ3v) is 4.69. The van der Waals surface area contributed by atoms with Crippen molar-refractivity contribution in [2.45, 2.75) is 24.7 Å². The molecule has 1 unspecified atom stereocenters. The summed E-state index contributed by atoms with van der Waals surface area (Å²) in [6.07, 6.45) is 1.65. The number of aliphatic hydroxyl groups excluding tert-OH is 1. The third kappa shape index (κ3) is 6.35. The highest BCUT2D eigenvalue weighted by atomic mass is 35.5. The number of halogens is 2. The fourth-order valence-corrected chi connectivity index (χ4v) is 3.00. The van der Waals surface area contributed by atoms with Crippen molar-refractivity contribution in [2.75, 3.05) is 18.9 Å². The number of carbonyl (C=O) groups excluding carboxylic acids is 1. The fourth-order valence-electron chi connectivity index (χ4n) is 1.67. The van der Waals surface area contributed by atoms with E-state index in [1.54, 1.807) is 18.2 Å². The van der Waals surface area contributed by atoms with Crippen molar-refractivity contribution in [3.8, 4) is 0 Å². The lowest BCUT2D eigenvalue weighted by atomic mass is 10.0. The highest BCUT2D eigenvalue weighted by Crippen LogP contribution is 2.29. The van der Waals surface area contributed by atoms with E-state index in [9.17, 15) is 4.79 Å². The average molecular weight is 336 g/mol. The van der Waals surface area contributed by atoms with Crippen molar-refractivity contribution >= 4 is 40.9 Å². The summed E-state index contributed by atoms with van der Waals surface area (Å²) in [5.41, 5.74) is 0. The molecule has 6 heteroatoms. The van der Waals surface area contributed by atoms with Gasteiger partial charge in [-0.1, -0.05) is 36.5 Å². The Bertz CT molecular complexity index is 443. The molecule has 0 spiro atoms. The van der Waals surface area contributed by atoms with Crippen LogP contribution in [0, 0.1) is 5.92 Å². The Labute approximate surface area is 134 Å². The topological polar surface area (TPSA) is 49.3 Å². The molecule has 1 rings (SSSR count). The smallest absolute Gasteiger partial charge is 0.230 e. The van der Waals surface area contributed by atoms with E-state index < -0.39 is 0 Å². The quantitative estimate of drug-likeness (QED) is 0.713. The van der Waals surface area contributed by atoms with E-state index in [2.05, 4.69) is 5.32 Å². The monoisotopic (exact) mass is 335 g/mol. The minimum Gasteiger partial charge on any atom is -0.396 e. The van der Waals surface area contributed by atoms with Crippen molar-refractivity contribution in [1.82, 2.24) is 5.32 Å². The van der Waals surface area contributed by atoms with E-state index in [-0.39, 0.29) is 12.5 Å². The Balaban J connectivity index is 2.37. The first-order valence-corrected chi connectivity index (χ1v) is 8.26. The summed E-state index contributed by atoms with van der Waals surface area (Å²) in [4.78, 5) is 12.6. The summed E-state index contributed by atoms with van der Waals surface area (Å²) >= 11 is 13.3. The largest absolute Gasteiger partial charge is 0.396 e. The molecule has 0 aromatic heterocycles. The highest BCUT2D eigenvalue weighted by molar-refractivity contribution is 8.00. The standard InChI is InChI=1S/C14H19Cl2NO2S/c1-2-10(5-6-18)8-17-14(19)9-20-13-7-11(15)3-4-12(13)16/h3-4,7,10,18H,2,5-6,8-9H2,1H3,(H,17,19). The molecule has 0 aliphatic rings. The molecule has 0 saturated carbocycles. The molecule has 0 aliphatic carbocycles. The van der Waals surface area contributed by atoms with Crippen LogP contribution in [0.15, 0.2) is 23.1 Å². The average Bonchev–Trinajstić information content (AvgIpc) is 2.44. The van der Waals surface area contributed by atoms with Crippen LogP contribution in [0.2, 0.25) is 10.0 Å². The maximum Gasteiger partial charge on any atom is 0.230 e. The van der Waals surface area contributed by atoms with Crippen molar-refractivity contribution in [2.24, 2.45) is 5.92 Å². The van der Waals surface area contributed by atoms with Crippen LogP contribution in [0.4, 0.5) is 0 Å². The minimum atomic E-state index is -0.0394. The maximum absolute atomic E-state index is 11.8. The summed E-state index contributed by atoms with van der Waals surface area (Å²) in [6.45, 7) is 2.80. The second kappa shape index (κ2) is 9.50. The van der Waals surface area contributed by atoms with Crippen LogP contribution in [-0.4, -0.2) is 29.9 Å². The number of hydrogen-bond donors (Lipinski definition) is 2. The van der Waals surface area contributed by atoms with Gasteiger partial charge in [-0.25, -0.2) is 0 Å². The number of nitrogens with one attached hydrogen (secondary N) is 1. The molecule has 3 nitrogen and oxygen atoms in total. The van der Waals surface area contributed by atoms with Crippen molar-refractivity contribution in [3.63, 3.8) is 0 Å². The van der Waals surface area contributed by atoms with Crippen LogP contribution >= 0.6 is 35.0 Å². The second-order valence-corrected chi connectivity index (χ2v) is 6.31. The summed E-state index contributed by atoms with van der Waals surface area (Å²) in [5.74, 6) is 0.585. The van der Waals surface area contributed by atoms with Gasteiger partial charge in [0.1, 0.15) is 0 Å². The summed E-state index contributed by atoms with van der Waals surface area (Å²) in [6, 6.07) is 5.19. The van der Waals surface area contributed by atoms with Gasteiger partial charge in [0.15, 0.2) is 0 Å². The van der Waals surface area contributed by atoms with Gasteiger partial charge in [-0.05, 0) is 30.5 Å². The first-order chi connectivity index (χ1) is 9.56. The minimum absolute atomic E-state index is 0.0394. The second-order valence-electron chi connectivity index (χ2n) is 4.45. The van der Waals surface area contributed by atoms with Crippen LogP contribution in [0.25, 0.3) is 0 Å². The molecule has 0 aliphatic heterocycles. The first kappa shape index (κ1) is 17.6. The first-order valence-electron chi connectivity index (χ1n) is 6.52. The molecule has 1 aromatic rings. The molecule has 0 fully saturated rings. The molecule has 1 aromatic carbocycles. The number of rotatable bonds is 8. The zero-order valence-electron chi connectivity index (χ0n) is 11.4. The van der Waals surface area contributed by atoms with Crippen LogP contribution in [0.3, 0.4) is 0 Å². The number of amides is 1. The maximum atomic E-state index is 11.8. The van der Waals surface area contributed by atoms with E-state index in [4.69, 9.17) is 28.3 Å². The number of carbonyl (C=O) groups is 1. The van der Waals surface area contributed by atoms with E-state index in [0.717, 1.165) is 11.3 Å². The molecule has 20 heavy (non-hydrogen) atoms. The van der Waals surface area contributed by atoms with Crippen molar-refractivity contribution < 1.29 is 9.90 Å². The van der Waals surface area contributed by atoms with E-state index in [0.29, 0.717) is 34.7 Å². The molecule has 2 N–H and O–H groups in total. The molecule has 112 valence electrons. The van der Waals surface area contributed by atoms with Gasteiger partial charge in [0.05, 0.1) is 10.8 Å². The lowest BCUT2D eigenvalue weighted by Crippen LogP contribution is -2.30. The van der Waals surface area contributed by atoms with Gasteiger partial charge in [0.2, 0.25) is 5.91 Å². The summed E-state index contributed by atoms with van der Waals surface area (Å²) in [5, 5.41) is 13.0. The predicted octanol–water partition coefficient (Wildman–Crippen LogP) is 3.61. The molecule has 0 bridgehead atoms. The zero-order chi connectivity index (χ0) is 15.0. The molecule has 0 radical (unpaired) electrons. The van der Waals surface area contributed by atoms with Crippen LogP contribution in [0.5, 0.6) is 0 Å². The van der Waals surface area contributed by atoms with Crippen molar-refractivity contribution in [3.05, 3.63) is 28.2 Å². The predicted molar refractivity (Wildman–Crippen MR) is 85.7 cm³/mol. The fraction of sp³-hybridized carbons (Fsp3) is 0.500. The van der Waals surface area contributed by atoms with Gasteiger partial charge < -0.3 is 10.4 Å². The summed E-state index contributed by atoms with van der Waals surface area (Å²) < 4.78 is 0. The Morgan fingerprint density at radius 1 is 1.45 bits per heavy atom. The van der Waals surface area contributed by atoms with Crippen LogP contribution in [-0.2, 0) is 4.79 Å². The Morgan fingerprint density at radius 3 is 2.85 bits per heavy atom. The van der Waals surface area contributed by atoms with Crippen LogP contribution < -0.4 is 5.32 Å². The van der Waals surface area contributed by atoms with Gasteiger partial charge in [-0.15, -0.1) is 11.8 Å². The summed E-state index contributed by atoms with van der Waals surface area (Å²) in [7, 11) is 0. The highest BCUT2D eigenvalue weighted by Gasteiger charge is 2.10. The molecular weight excluding hydrogens is 317 g/mol. The number of aliphatic hydroxyl groups is 1. The molecule has 0 saturated heterocycles. The Kier molecular flexibility index (Phi) is 8.38. The van der Waals surface area contributed by atoms with Gasteiger partial charge in [-0.2, -0.15) is 0 Å². The molecule has 0 heterocycles. The normalized spacial score (nSPS) is 12.2. The van der Waals surface area contributed by atoms with E-state index in [1.807, 2.05) is 6.92 Å². The zero-order valence-corrected chi connectivity index (χ0v) is 13.7. The molecular formula is C14H19Cl2NO2S. The SMILES string of the molecule is CCC(CCO)CNC(=O)CSc1cc(Cl)ccc1Cl. The van der Waals surface area contributed by atoms with Gasteiger partial charge in [-0.3, -0.25) is 4.79 Å². The van der Waals surface area contributed by atoms with Gasteiger partial charge >= 0.3 is 0 Å². The Hall–Kier alpha value is -0.420. The lowest BCUT2D eigenvalue weighted by Gasteiger charge is -2.14. The molecule has 1 amide bonds. The molecule has 1 atom stereocenters. The number of benzene rings is 1. The van der Waals surface area contributed by atoms with Crippen LogP contribution in [0.1, 0.15) is 19.8 Å². The number of hydrogen-bond acceptors (Lipinski definition) is 3. The lowest BCUT2D eigenvalue weighted by molar-refractivity contribution is -0.118. The Morgan fingerprint density at radius 2 is 2.20 bits per heavy atom. The van der Waals surface area contributed by atoms with E-state index >= 15 is 0 Å². The van der Waals surface area contributed by atoms with Crippen molar-refractivity contribution in [1.29, 1.82) is 0 Å². The van der Waals surface area contributed by atoms with Gasteiger partial charge in [0, 0.05) is 23.1 Å². The van der Waals surface area contributed by atoms with E-state index in [1.165, 1.54) is 11.8 Å². The number of thioether (sulfide) groups is 1. The third-order valence-electron chi connectivity index (χ3n) is 2.95.